The second-order valence-electron chi connectivity index (χ2n) is 7.76. The summed E-state index contributed by atoms with van der Waals surface area (Å²) in [7, 11) is 0. The number of hydrogen-bond acceptors (Lipinski definition) is 3. The molecular weight excluding hydrogens is 459 g/mol. The summed E-state index contributed by atoms with van der Waals surface area (Å²) < 4.78 is 42.4. The summed E-state index contributed by atoms with van der Waals surface area (Å²) in [5, 5.41) is 15.6. The van der Waals surface area contributed by atoms with Crippen molar-refractivity contribution in [3.63, 3.8) is 0 Å². The monoisotopic (exact) mass is 479 g/mol. The van der Waals surface area contributed by atoms with E-state index in [4.69, 9.17) is 0 Å². The number of aliphatic carboxylic acids is 1. The third kappa shape index (κ3) is 5.40. The maximum atomic E-state index is 13.9. The third-order valence-corrected chi connectivity index (χ3v) is 5.39. The van der Waals surface area contributed by atoms with Crippen LogP contribution in [0, 0.1) is 0 Å². The van der Waals surface area contributed by atoms with Crippen molar-refractivity contribution in [2.45, 2.75) is 18.6 Å². The van der Waals surface area contributed by atoms with Crippen LogP contribution < -0.4 is 5.32 Å². The van der Waals surface area contributed by atoms with Crippen LogP contribution in [0.2, 0.25) is 0 Å². The van der Waals surface area contributed by atoms with Gasteiger partial charge in [0.2, 0.25) is 0 Å². The average Bonchev–Trinajstić information content (AvgIpc) is 3.31. The number of benzene rings is 3. The largest absolute Gasteiger partial charge is 0.481 e. The Morgan fingerprint density at radius 2 is 1.46 bits per heavy atom. The molecule has 178 valence electrons. The number of nitrogens with one attached hydrogen (secondary N) is 1. The zero-order valence-electron chi connectivity index (χ0n) is 18.2. The van der Waals surface area contributed by atoms with E-state index in [1.807, 2.05) is 30.3 Å². The molecule has 1 heterocycles. The molecule has 4 rings (SSSR count). The fraction of sp³-hybridized carbons (Fsp3) is 0.115. The molecule has 0 saturated carbocycles. The Morgan fingerprint density at radius 1 is 0.886 bits per heavy atom. The average molecular weight is 479 g/mol. The van der Waals surface area contributed by atoms with Crippen LogP contribution in [0.1, 0.15) is 34.1 Å². The molecule has 1 unspecified atom stereocenters. The molecular formula is C26H20F3N3O3. The van der Waals surface area contributed by atoms with Crippen LogP contribution in [0.4, 0.5) is 13.2 Å². The number of nitrogens with zero attached hydrogens (tertiary/aromatic N) is 2. The molecule has 9 heteroatoms. The number of carbonyl (C=O) groups excluding carboxylic acids is 1. The summed E-state index contributed by atoms with van der Waals surface area (Å²) >= 11 is 0. The Hall–Kier alpha value is -4.40. The van der Waals surface area contributed by atoms with E-state index in [2.05, 4.69) is 10.4 Å². The van der Waals surface area contributed by atoms with Gasteiger partial charge in [0.15, 0.2) is 5.69 Å². The summed E-state index contributed by atoms with van der Waals surface area (Å²) in [6, 6.07) is 22.9. The highest BCUT2D eigenvalue weighted by atomic mass is 19.4. The van der Waals surface area contributed by atoms with Crippen molar-refractivity contribution in [1.29, 1.82) is 0 Å². The van der Waals surface area contributed by atoms with E-state index in [0.29, 0.717) is 10.2 Å². The van der Waals surface area contributed by atoms with Gasteiger partial charge in [-0.25, -0.2) is 4.68 Å². The highest BCUT2D eigenvalue weighted by Crippen LogP contribution is 2.34. The lowest BCUT2D eigenvalue weighted by Gasteiger charge is -2.19. The lowest BCUT2D eigenvalue weighted by Crippen LogP contribution is -2.31. The molecule has 3 aromatic carbocycles. The van der Waals surface area contributed by atoms with Crippen LogP contribution in [0.5, 0.6) is 0 Å². The molecule has 0 aliphatic rings. The van der Waals surface area contributed by atoms with Gasteiger partial charge in [-0.3, -0.25) is 9.59 Å². The number of aromatic nitrogens is 2. The molecule has 0 spiro atoms. The Labute approximate surface area is 198 Å². The zero-order chi connectivity index (χ0) is 25.0. The van der Waals surface area contributed by atoms with Gasteiger partial charge >= 0.3 is 12.1 Å². The van der Waals surface area contributed by atoms with Gasteiger partial charge in [-0.05, 0) is 28.8 Å². The van der Waals surface area contributed by atoms with Gasteiger partial charge in [0, 0.05) is 0 Å². The molecule has 0 saturated heterocycles. The lowest BCUT2D eigenvalue weighted by atomic mass is 9.99. The number of halogens is 3. The number of amides is 1. The minimum Gasteiger partial charge on any atom is -0.481 e. The van der Waals surface area contributed by atoms with Crippen LogP contribution >= 0.6 is 0 Å². The smallest absolute Gasteiger partial charge is 0.434 e. The Morgan fingerprint density at radius 3 is 2.03 bits per heavy atom. The van der Waals surface area contributed by atoms with Crippen LogP contribution in [0.15, 0.2) is 91.1 Å². The van der Waals surface area contributed by atoms with E-state index in [1.165, 1.54) is 12.1 Å². The molecule has 4 aromatic rings. The second-order valence-corrected chi connectivity index (χ2v) is 7.76. The van der Waals surface area contributed by atoms with Crippen LogP contribution in [-0.4, -0.2) is 26.8 Å². The summed E-state index contributed by atoms with van der Waals surface area (Å²) in [6.45, 7) is 0. The maximum Gasteiger partial charge on any atom is 0.434 e. The molecule has 1 amide bonds. The van der Waals surface area contributed by atoms with E-state index < -0.39 is 41.8 Å². The van der Waals surface area contributed by atoms with E-state index >= 15 is 0 Å². The second kappa shape index (κ2) is 9.84. The summed E-state index contributed by atoms with van der Waals surface area (Å²) in [5.41, 5.74) is 0.466. The summed E-state index contributed by atoms with van der Waals surface area (Å²) in [5.74, 6) is -2.28. The number of rotatable bonds is 7. The molecule has 1 aromatic heterocycles. The number of alkyl halides is 3. The SMILES string of the molecule is O=C(O)CC(NC(=O)c1cnn(-c2ccccc2)c1C(F)(F)F)c1ccc(-c2ccccc2)cc1. The number of carbonyl (C=O) groups is 2. The minimum atomic E-state index is -4.88. The predicted molar refractivity (Wildman–Crippen MR) is 123 cm³/mol. The molecule has 0 aliphatic carbocycles. The first kappa shape index (κ1) is 23.7. The molecule has 0 bridgehead atoms. The standard InChI is InChI=1S/C26H20F3N3O3/c27-26(28,29)24-21(16-30-32(24)20-9-5-2-6-10-20)25(35)31-22(15-23(33)34)19-13-11-18(12-14-19)17-7-3-1-4-8-17/h1-14,16,22H,15H2,(H,31,35)(H,33,34). The lowest BCUT2D eigenvalue weighted by molar-refractivity contribution is -0.143. The zero-order valence-corrected chi connectivity index (χ0v) is 18.2. The van der Waals surface area contributed by atoms with Gasteiger partial charge in [-0.2, -0.15) is 18.3 Å². The van der Waals surface area contributed by atoms with Crippen molar-refractivity contribution in [2.75, 3.05) is 0 Å². The fourth-order valence-corrected chi connectivity index (χ4v) is 3.75. The minimum absolute atomic E-state index is 0.137. The molecule has 0 fully saturated rings. The third-order valence-electron chi connectivity index (χ3n) is 5.39. The molecule has 2 N–H and O–H groups in total. The Kier molecular flexibility index (Phi) is 6.68. The van der Waals surface area contributed by atoms with Gasteiger partial charge in [0.25, 0.3) is 5.91 Å². The van der Waals surface area contributed by atoms with Gasteiger partial charge in [-0.1, -0.05) is 72.8 Å². The Bertz CT molecular complexity index is 1320. The van der Waals surface area contributed by atoms with Crippen molar-refractivity contribution in [1.82, 2.24) is 15.1 Å². The molecule has 6 nitrogen and oxygen atoms in total. The fourth-order valence-electron chi connectivity index (χ4n) is 3.75. The molecule has 0 aliphatic heterocycles. The Balaban J connectivity index is 1.65. The number of carboxylic acid groups (broad SMARTS) is 1. The summed E-state index contributed by atoms with van der Waals surface area (Å²) in [6.07, 6.45) is -4.55. The molecule has 0 radical (unpaired) electrons. The van der Waals surface area contributed by atoms with Crippen molar-refractivity contribution in [3.05, 3.63) is 108 Å². The quantitative estimate of drug-likeness (QED) is 0.366. The van der Waals surface area contributed by atoms with Gasteiger partial charge in [0.05, 0.1) is 29.9 Å². The maximum absolute atomic E-state index is 13.9. The highest BCUT2D eigenvalue weighted by molar-refractivity contribution is 5.96. The van der Waals surface area contributed by atoms with Crippen LogP contribution in [0.3, 0.4) is 0 Å². The summed E-state index contributed by atoms with van der Waals surface area (Å²) in [4.78, 5) is 24.4. The first-order valence-corrected chi connectivity index (χ1v) is 10.6. The van der Waals surface area contributed by atoms with Gasteiger partial charge in [0.1, 0.15) is 0 Å². The topological polar surface area (TPSA) is 84.2 Å². The predicted octanol–water partition coefficient (Wildman–Crippen LogP) is 5.50. The number of hydrogen-bond donors (Lipinski definition) is 2. The first-order valence-electron chi connectivity index (χ1n) is 10.6. The van der Waals surface area contributed by atoms with Crippen molar-refractivity contribution in [2.24, 2.45) is 0 Å². The van der Waals surface area contributed by atoms with E-state index in [1.54, 1.807) is 42.5 Å². The van der Waals surface area contributed by atoms with E-state index in [-0.39, 0.29) is 5.69 Å². The van der Waals surface area contributed by atoms with Crippen molar-refractivity contribution >= 4 is 11.9 Å². The first-order chi connectivity index (χ1) is 16.7. The van der Waals surface area contributed by atoms with Crippen LogP contribution in [-0.2, 0) is 11.0 Å². The van der Waals surface area contributed by atoms with Gasteiger partial charge < -0.3 is 10.4 Å². The van der Waals surface area contributed by atoms with Gasteiger partial charge in [-0.15, -0.1) is 0 Å². The van der Waals surface area contributed by atoms with Crippen molar-refractivity contribution in [3.8, 4) is 16.8 Å². The van der Waals surface area contributed by atoms with E-state index in [9.17, 15) is 27.9 Å². The molecule has 35 heavy (non-hydrogen) atoms. The molecule has 1 atom stereocenters. The number of carboxylic acids is 1. The highest BCUT2D eigenvalue weighted by Gasteiger charge is 2.41. The van der Waals surface area contributed by atoms with Crippen LogP contribution in [0.25, 0.3) is 16.8 Å². The normalized spacial score (nSPS) is 12.2. The number of para-hydroxylation sites is 1. The van der Waals surface area contributed by atoms with Crippen molar-refractivity contribution < 1.29 is 27.9 Å². The van der Waals surface area contributed by atoms with E-state index in [0.717, 1.165) is 17.3 Å².